The molecule has 0 aliphatic carbocycles. The summed E-state index contributed by atoms with van der Waals surface area (Å²) < 4.78 is 57.1. The Morgan fingerprint density at radius 2 is 1.97 bits per heavy atom. The van der Waals surface area contributed by atoms with Crippen molar-refractivity contribution in [2.75, 3.05) is 6.54 Å². The van der Waals surface area contributed by atoms with Crippen molar-refractivity contribution < 1.29 is 27.1 Å². The van der Waals surface area contributed by atoms with Crippen LogP contribution in [0, 0.1) is 13.8 Å². The van der Waals surface area contributed by atoms with Gasteiger partial charge in [-0.2, -0.15) is 5.10 Å². The van der Waals surface area contributed by atoms with E-state index in [1.54, 1.807) is 26.0 Å². The molecular weight excluding hydrogens is 430 g/mol. The van der Waals surface area contributed by atoms with Gasteiger partial charge in [0, 0.05) is 5.56 Å². The number of aromatic nitrogens is 3. The van der Waals surface area contributed by atoms with Crippen LogP contribution >= 0.6 is 0 Å². The van der Waals surface area contributed by atoms with Crippen LogP contribution in [0.15, 0.2) is 54.1 Å². The molecule has 3 heterocycles. The van der Waals surface area contributed by atoms with Crippen LogP contribution in [-0.4, -0.2) is 33.4 Å². The van der Waals surface area contributed by atoms with Crippen molar-refractivity contribution in [3.63, 3.8) is 0 Å². The van der Waals surface area contributed by atoms with E-state index in [2.05, 4.69) is 25.5 Å². The second-order valence-electron chi connectivity index (χ2n) is 7.04. The van der Waals surface area contributed by atoms with Gasteiger partial charge in [0.1, 0.15) is 17.4 Å². The van der Waals surface area contributed by atoms with Gasteiger partial charge < -0.3 is 15.4 Å². The number of aryl methyl sites for hydroxylation is 2. The summed E-state index contributed by atoms with van der Waals surface area (Å²) in [7, 11) is 0. The third-order valence-corrected chi connectivity index (χ3v) is 4.67. The molecule has 3 aromatic rings. The van der Waals surface area contributed by atoms with Crippen LogP contribution < -0.4 is 15.4 Å². The van der Waals surface area contributed by atoms with E-state index in [1.165, 1.54) is 34.9 Å². The molecule has 166 valence electrons. The molecule has 32 heavy (non-hydrogen) atoms. The van der Waals surface area contributed by atoms with Gasteiger partial charge >= 0.3 is 6.36 Å². The van der Waals surface area contributed by atoms with Crippen molar-refractivity contribution in [3.05, 3.63) is 71.1 Å². The number of para-hydroxylation sites is 1. The number of nitrogens with one attached hydrogen (secondary N) is 2. The summed E-state index contributed by atoms with van der Waals surface area (Å²) in [4.78, 5) is 17.3. The number of allylic oxidation sites excluding steroid dienone is 2. The van der Waals surface area contributed by atoms with Gasteiger partial charge in [-0.25, -0.2) is 13.9 Å². The zero-order valence-corrected chi connectivity index (χ0v) is 16.9. The largest absolute Gasteiger partial charge is 0.573 e. The number of nitrogens with zero attached hydrogens (tertiary/aromatic N) is 3. The van der Waals surface area contributed by atoms with Crippen LogP contribution in [0.1, 0.15) is 21.7 Å². The number of halogens is 4. The van der Waals surface area contributed by atoms with Crippen LogP contribution in [0.25, 0.3) is 16.9 Å². The van der Waals surface area contributed by atoms with E-state index < -0.39 is 18.0 Å². The van der Waals surface area contributed by atoms with Gasteiger partial charge in [0.2, 0.25) is 0 Å². The molecule has 0 radical (unpaired) electrons. The number of ether oxygens (including phenoxy) is 1. The molecule has 2 N–H and O–H groups in total. The standard InChI is InChI=1S/C21H17F4N5O2/c1-11-9-15(14-5-3-4-6-16(14)32-21(23,24)25)29-30-18(12(2)27-19(11)30)20(31)28-17-8-7-13(22)10-26-17/h3-9,26H,10H2,1-2H3,(H,28,31). The van der Waals surface area contributed by atoms with Crippen LogP contribution in [0.4, 0.5) is 17.6 Å². The molecule has 0 fully saturated rings. The Morgan fingerprint density at radius 3 is 2.66 bits per heavy atom. The maximum atomic E-state index is 13.2. The molecule has 0 unspecified atom stereocenters. The number of hydrogen-bond donors (Lipinski definition) is 2. The number of carbonyl (C=O) groups excluding carboxylic acids is 1. The summed E-state index contributed by atoms with van der Waals surface area (Å²) in [5.74, 6) is -1.06. The Morgan fingerprint density at radius 1 is 1.22 bits per heavy atom. The fourth-order valence-electron chi connectivity index (χ4n) is 3.30. The molecule has 2 aromatic heterocycles. The van der Waals surface area contributed by atoms with Gasteiger partial charge in [-0.3, -0.25) is 4.79 Å². The lowest BCUT2D eigenvalue weighted by Crippen LogP contribution is -2.34. The minimum atomic E-state index is -4.87. The Balaban J connectivity index is 1.78. The zero-order chi connectivity index (χ0) is 23.0. The molecule has 1 aliphatic heterocycles. The van der Waals surface area contributed by atoms with Crippen molar-refractivity contribution >= 4 is 11.6 Å². The first-order chi connectivity index (χ1) is 15.1. The molecule has 7 nitrogen and oxygen atoms in total. The number of dihydropyridines is 1. The van der Waals surface area contributed by atoms with E-state index in [-0.39, 0.29) is 29.3 Å². The number of benzene rings is 1. The van der Waals surface area contributed by atoms with Crippen molar-refractivity contribution in [1.82, 2.24) is 25.2 Å². The van der Waals surface area contributed by atoms with Gasteiger partial charge in [-0.05, 0) is 49.8 Å². The average Bonchev–Trinajstić information content (AvgIpc) is 3.05. The predicted molar refractivity (Wildman–Crippen MR) is 107 cm³/mol. The summed E-state index contributed by atoms with van der Waals surface area (Å²) in [6.07, 6.45) is -2.27. The van der Waals surface area contributed by atoms with E-state index in [9.17, 15) is 22.4 Å². The van der Waals surface area contributed by atoms with Gasteiger partial charge in [-0.1, -0.05) is 12.1 Å². The van der Waals surface area contributed by atoms with Crippen LogP contribution in [0.5, 0.6) is 5.75 Å². The summed E-state index contributed by atoms with van der Waals surface area (Å²) in [6, 6.07) is 7.17. The maximum Gasteiger partial charge on any atom is 0.573 e. The molecule has 0 saturated carbocycles. The Labute approximate surface area is 179 Å². The van der Waals surface area contributed by atoms with Gasteiger partial charge in [-0.15, -0.1) is 13.2 Å². The summed E-state index contributed by atoms with van der Waals surface area (Å²) in [5, 5.41) is 9.72. The SMILES string of the molecule is Cc1nc2c(C)cc(-c3ccccc3OC(F)(F)F)nn2c1C(=O)NC1=CC=C(F)CN1. The van der Waals surface area contributed by atoms with Gasteiger partial charge in [0.25, 0.3) is 5.91 Å². The topological polar surface area (TPSA) is 80.5 Å². The van der Waals surface area contributed by atoms with Crippen LogP contribution in [0.3, 0.4) is 0 Å². The first-order valence-electron chi connectivity index (χ1n) is 9.46. The fraction of sp³-hybridized carbons (Fsp3) is 0.190. The highest BCUT2D eigenvalue weighted by Crippen LogP contribution is 2.33. The van der Waals surface area contributed by atoms with Crippen molar-refractivity contribution in [2.24, 2.45) is 0 Å². The van der Waals surface area contributed by atoms with Crippen molar-refractivity contribution in [1.29, 1.82) is 0 Å². The first-order valence-corrected chi connectivity index (χ1v) is 9.46. The highest BCUT2D eigenvalue weighted by atomic mass is 19.4. The number of carbonyl (C=O) groups is 1. The van der Waals surface area contributed by atoms with E-state index >= 15 is 0 Å². The minimum Gasteiger partial charge on any atom is -0.405 e. The molecule has 1 amide bonds. The molecular formula is C21H17F4N5O2. The number of amides is 1. The molecule has 0 atom stereocenters. The van der Waals surface area contributed by atoms with E-state index in [1.807, 2.05) is 0 Å². The molecule has 11 heteroatoms. The van der Waals surface area contributed by atoms with E-state index in [0.29, 0.717) is 22.7 Å². The molecule has 4 rings (SSSR count). The lowest BCUT2D eigenvalue weighted by atomic mass is 10.1. The van der Waals surface area contributed by atoms with Crippen LogP contribution in [0.2, 0.25) is 0 Å². The summed E-state index contributed by atoms with van der Waals surface area (Å²) in [6.45, 7) is 3.27. The summed E-state index contributed by atoms with van der Waals surface area (Å²) >= 11 is 0. The van der Waals surface area contributed by atoms with Gasteiger partial charge in [0.15, 0.2) is 11.3 Å². The van der Waals surface area contributed by atoms with Crippen molar-refractivity contribution in [2.45, 2.75) is 20.2 Å². The molecule has 1 aromatic carbocycles. The Hall–Kier alpha value is -3.89. The number of alkyl halides is 3. The molecule has 0 bridgehead atoms. The molecule has 1 aliphatic rings. The molecule has 0 spiro atoms. The van der Waals surface area contributed by atoms with Gasteiger partial charge in [0.05, 0.1) is 17.9 Å². The highest BCUT2D eigenvalue weighted by Gasteiger charge is 2.32. The lowest BCUT2D eigenvalue weighted by molar-refractivity contribution is -0.274. The fourth-order valence-corrected chi connectivity index (χ4v) is 3.30. The number of rotatable bonds is 4. The van der Waals surface area contributed by atoms with E-state index in [0.717, 1.165) is 0 Å². The second kappa shape index (κ2) is 7.98. The first kappa shape index (κ1) is 21.3. The minimum absolute atomic E-state index is 0.0598. The van der Waals surface area contributed by atoms with Crippen LogP contribution in [-0.2, 0) is 0 Å². The quantitative estimate of drug-likeness (QED) is 0.593. The van der Waals surface area contributed by atoms with E-state index in [4.69, 9.17) is 0 Å². The predicted octanol–water partition coefficient (Wildman–Crippen LogP) is 3.94. The summed E-state index contributed by atoms with van der Waals surface area (Å²) in [5.41, 5.74) is 1.71. The number of fused-ring (bicyclic) bond motifs is 1. The maximum absolute atomic E-state index is 13.2. The highest BCUT2D eigenvalue weighted by molar-refractivity contribution is 5.95. The third-order valence-electron chi connectivity index (χ3n) is 4.67. The Kier molecular flexibility index (Phi) is 5.33. The smallest absolute Gasteiger partial charge is 0.405 e. The average molecular weight is 447 g/mol. The normalized spacial score (nSPS) is 13.9. The monoisotopic (exact) mass is 447 g/mol. The number of imidazole rings is 1. The molecule has 0 saturated heterocycles. The lowest BCUT2D eigenvalue weighted by Gasteiger charge is -2.15. The Bertz CT molecular complexity index is 1280. The zero-order valence-electron chi connectivity index (χ0n) is 16.9. The van der Waals surface area contributed by atoms with Crippen molar-refractivity contribution in [3.8, 4) is 17.0 Å². The number of hydrogen-bond acceptors (Lipinski definition) is 5. The third kappa shape index (κ3) is 4.27. The second-order valence-corrected chi connectivity index (χ2v) is 7.04.